The SMILES string of the molecule is CCN(C)C=Nc1cc(C)c(N(C)Cc2cccc(F)c2)cc1C. The molecule has 0 unspecified atom stereocenters. The average molecular weight is 327 g/mol. The normalized spacial score (nSPS) is 11.1. The Morgan fingerprint density at radius 3 is 2.50 bits per heavy atom. The molecule has 0 bridgehead atoms. The first-order valence-electron chi connectivity index (χ1n) is 8.22. The van der Waals surface area contributed by atoms with E-state index in [1.807, 2.05) is 31.4 Å². The van der Waals surface area contributed by atoms with E-state index in [4.69, 9.17) is 0 Å². The predicted molar refractivity (Wildman–Crippen MR) is 101 cm³/mol. The summed E-state index contributed by atoms with van der Waals surface area (Å²) in [7, 11) is 4.04. The predicted octanol–water partition coefficient (Wildman–Crippen LogP) is 4.69. The van der Waals surface area contributed by atoms with Crippen LogP contribution in [0.25, 0.3) is 0 Å². The fourth-order valence-corrected chi connectivity index (χ4v) is 2.57. The molecular weight excluding hydrogens is 301 g/mol. The van der Waals surface area contributed by atoms with Crippen molar-refractivity contribution in [2.24, 2.45) is 4.99 Å². The van der Waals surface area contributed by atoms with Gasteiger partial charge in [0.25, 0.3) is 0 Å². The molecule has 128 valence electrons. The van der Waals surface area contributed by atoms with Crippen LogP contribution in [0.3, 0.4) is 0 Å². The van der Waals surface area contributed by atoms with Gasteiger partial charge in [0.1, 0.15) is 5.82 Å². The fraction of sp³-hybridized carbons (Fsp3) is 0.350. The van der Waals surface area contributed by atoms with Gasteiger partial charge in [-0.05, 0) is 61.7 Å². The minimum atomic E-state index is -0.196. The molecule has 3 nitrogen and oxygen atoms in total. The Bertz CT molecular complexity index is 725. The molecule has 2 aromatic carbocycles. The van der Waals surface area contributed by atoms with Gasteiger partial charge in [-0.25, -0.2) is 9.38 Å². The van der Waals surface area contributed by atoms with E-state index in [1.165, 1.54) is 6.07 Å². The quantitative estimate of drug-likeness (QED) is 0.566. The van der Waals surface area contributed by atoms with Crippen molar-refractivity contribution in [3.05, 3.63) is 58.9 Å². The van der Waals surface area contributed by atoms with Crippen LogP contribution in [0.1, 0.15) is 23.6 Å². The topological polar surface area (TPSA) is 18.8 Å². The van der Waals surface area contributed by atoms with Gasteiger partial charge in [0.15, 0.2) is 0 Å². The van der Waals surface area contributed by atoms with E-state index in [-0.39, 0.29) is 5.82 Å². The number of anilines is 1. The van der Waals surface area contributed by atoms with Crippen molar-refractivity contribution >= 4 is 17.7 Å². The molecule has 0 atom stereocenters. The monoisotopic (exact) mass is 327 g/mol. The first-order valence-corrected chi connectivity index (χ1v) is 8.22. The largest absolute Gasteiger partial charge is 0.370 e. The van der Waals surface area contributed by atoms with Gasteiger partial charge in [-0.1, -0.05) is 12.1 Å². The van der Waals surface area contributed by atoms with Gasteiger partial charge in [0.05, 0.1) is 12.0 Å². The highest BCUT2D eigenvalue weighted by Crippen LogP contribution is 2.29. The maximum absolute atomic E-state index is 13.4. The molecule has 2 aromatic rings. The van der Waals surface area contributed by atoms with Crippen molar-refractivity contribution in [3.63, 3.8) is 0 Å². The van der Waals surface area contributed by atoms with Gasteiger partial charge in [0.2, 0.25) is 0 Å². The molecular formula is C20H26FN3. The van der Waals surface area contributed by atoms with Crippen LogP contribution in [-0.2, 0) is 6.54 Å². The van der Waals surface area contributed by atoms with E-state index in [2.05, 4.69) is 42.8 Å². The van der Waals surface area contributed by atoms with Crippen molar-refractivity contribution in [1.29, 1.82) is 0 Å². The van der Waals surface area contributed by atoms with Gasteiger partial charge in [-0.3, -0.25) is 0 Å². The molecule has 0 N–H and O–H groups in total. The summed E-state index contributed by atoms with van der Waals surface area (Å²) < 4.78 is 13.4. The van der Waals surface area contributed by atoms with Crippen LogP contribution in [0.2, 0.25) is 0 Å². The average Bonchev–Trinajstić information content (AvgIpc) is 2.54. The molecule has 0 spiro atoms. The first kappa shape index (κ1) is 18.0. The molecule has 0 saturated heterocycles. The summed E-state index contributed by atoms with van der Waals surface area (Å²) >= 11 is 0. The lowest BCUT2D eigenvalue weighted by Crippen LogP contribution is -2.17. The molecule has 0 radical (unpaired) electrons. The van der Waals surface area contributed by atoms with Crippen LogP contribution in [0.5, 0.6) is 0 Å². The van der Waals surface area contributed by atoms with Gasteiger partial charge in [-0.15, -0.1) is 0 Å². The van der Waals surface area contributed by atoms with E-state index in [0.717, 1.165) is 34.6 Å². The Hall–Kier alpha value is -2.36. The van der Waals surface area contributed by atoms with Crippen LogP contribution >= 0.6 is 0 Å². The first-order chi connectivity index (χ1) is 11.4. The second kappa shape index (κ2) is 7.95. The molecule has 0 fully saturated rings. The maximum atomic E-state index is 13.4. The maximum Gasteiger partial charge on any atom is 0.123 e. The number of aliphatic imine (C=N–C) groups is 1. The van der Waals surface area contributed by atoms with E-state index in [9.17, 15) is 4.39 Å². The van der Waals surface area contributed by atoms with Crippen LogP contribution in [-0.4, -0.2) is 31.9 Å². The smallest absolute Gasteiger partial charge is 0.123 e. The third-order valence-corrected chi connectivity index (χ3v) is 4.13. The summed E-state index contributed by atoms with van der Waals surface area (Å²) in [5, 5.41) is 0. The molecule has 0 amide bonds. The molecule has 0 aliphatic carbocycles. The number of aryl methyl sites for hydroxylation is 2. The highest BCUT2D eigenvalue weighted by Gasteiger charge is 2.09. The summed E-state index contributed by atoms with van der Waals surface area (Å²) in [5.74, 6) is -0.196. The van der Waals surface area contributed by atoms with Crippen molar-refractivity contribution in [3.8, 4) is 0 Å². The number of benzene rings is 2. The molecule has 0 saturated carbocycles. The highest BCUT2D eigenvalue weighted by molar-refractivity contribution is 5.68. The molecule has 4 heteroatoms. The lowest BCUT2D eigenvalue weighted by atomic mass is 10.1. The zero-order valence-corrected chi connectivity index (χ0v) is 15.2. The highest BCUT2D eigenvalue weighted by atomic mass is 19.1. The van der Waals surface area contributed by atoms with Crippen molar-refractivity contribution in [1.82, 2.24) is 4.90 Å². The third kappa shape index (κ3) is 4.57. The third-order valence-electron chi connectivity index (χ3n) is 4.13. The molecule has 0 aromatic heterocycles. The summed E-state index contributed by atoms with van der Waals surface area (Å²) in [5.41, 5.74) is 5.37. The van der Waals surface area contributed by atoms with Crippen LogP contribution in [0, 0.1) is 19.7 Å². The van der Waals surface area contributed by atoms with Crippen LogP contribution in [0.15, 0.2) is 41.4 Å². The second-order valence-electron chi connectivity index (χ2n) is 6.23. The Morgan fingerprint density at radius 1 is 1.08 bits per heavy atom. The standard InChI is InChI=1S/C20H26FN3/c1-6-23(4)14-22-19-10-16(3)20(11-15(19)2)24(5)13-17-8-7-9-18(21)12-17/h7-12,14H,6,13H2,1-5H3. The molecule has 0 heterocycles. The Balaban J connectivity index is 2.21. The minimum Gasteiger partial charge on any atom is -0.370 e. The van der Waals surface area contributed by atoms with Crippen LogP contribution in [0.4, 0.5) is 15.8 Å². The van der Waals surface area contributed by atoms with Crippen molar-refractivity contribution < 1.29 is 4.39 Å². The summed E-state index contributed by atoms with van der Waals surface area (Å²) in [6, 6.07) is 11.0. The van der Waals surface area contributed by atoms with Gasteiger partial charge in [-0.2, -0.15) is 0 Å². The van der Waals surface area contributed by atoms with Crippen molar-refractivity contribution in [2.45, 2.75) is 27.3 Å². The Labute approximate surface area is 144 Å². The lowest BCUT2D eigenvalue weighted by molar-refractivity contribution is 0.552. The summed E-state index contributed by atoms with van der Waals surface area (Å²) in [4.78, 5) is 8.75. The van der Waals surface area contributed by atoms with E-state index < -0.39 is 0 Å². The van der Waals surface area contributed by atoms with Gasteiger partial charge in [0, 0.05) is 32.9 Å². The van der Waals surface area contributed by atoms with Gasteiger partial charge >= 0.3 is 0 Å². The molecule has 24 heavy (non-hydrogen) atoms. The Kier molecular flexibility index (Phi) is 5.96. The number of nitrogens with zero attached hydrogens (tertiary/aromatic N) is 3. The number of hydrogen-bond donors (Lipinski definition) is 0. The summed E-state index contributed by atoms with van der Waals surface area (Å²) in [6.07, 6.45) is 1.86. The van der Waals surface area contributed by atoms with E-state index in [0.29, 0.717) is 6.54 Å². The lowest BCUT2D eigenvalue weighted by Gasteiger charge is -2.23. The van der Waals surface area contributed by atoms with Gasteiger partial charge < -0.3 is 9.80 Å². The fourth-order valence-electron chi connectivity index (χ4n) is 2.57. The number of rotatable bonds is 6. The van der Waals surface area contributed by atoms with E-state index >= 15 is 0 Å². The zero-order valence-electron chi connectivity index (χ0n) is 15.2. The van der Waals surface area contributed by atoms with Crippen LogP contribution < -0.4 is 4.90 Å². The minimum absolute atomic E-state index is 0.196. The zero-order chi connectivity index (χ0) is 17.7. The van der Waals surface area contributed by atoms with E-state index in [1.54, 1.807) is 12.1 Å². The number of halogens is 1. The second-order valence-corrected chi connectivity index (χ2v) is 6.23. The Morgan fingerprint density at radius 2 is 1.83 bits per heavy atom. The van der Waals surface area contributed by atoms with Crippen molar-refractivity contribution in [2.75, 3.05) is 25.5 Å². The number of hydrogen-bond acceptors (Lipinski definition) is 2. The summed E-state index contributed by atoms with van der Waals surface area (Å²) in [6.45, 7) is 7.83. The molecule has 0 aliphatic heterocycles. The molecule has 0 aliphatic rings. The molecule has 2 rings (SSSR count).